The molecule has 23 heavy (non-hydrogen) atoms. The summed E-state index contributed by atoms with van der Waals surface area (Å²) in [4.78, 5) is 29.4. The molecule has 0 radical (unpaired) electrons. The number of benzene rings is 1. The van der Waals surface area contributed by atoms with E-state index in [2.05, 4.69) is 4.98 Å². The number of thioether (sulfide) groups is 1. The lowest BCUT2D eigenvalue weighted by Gasteiger charge is -2.20. The summed E-state index contributed by atoms with van der Waals surface area (Å²) >= 11 is 1.22. The number of oxazole rings is 1. The van der Waals surface area contributed by atoms with E-state index in [1.54, 1.807) is 4.90 Å². The van der Waals surface area contributed by atoms with Gasteiger partial charge in [0.1, 0.15) is 5.52 Å². The highest BCUT2D eigenvalue weighted by atomic mass is 32.2. The first-order chi connectivity index (χ1) is 11.0. The Balaban J connectivity index is 1.99. The van der Waals surface area contributed by atoms with Crippen LogP contribution >= 0.6 is 11.8 Å². The number of carbonyl (C=O) groups is 2. The number of nitrogens with zero attached hydrogens (tertiary/aromatic N) is 2. The van der Waals surface area contributed by atoms with Crippen molar-refractivity contribution >= 4 is 34.7 Å². The van der Waals surface area contributed by atoms with Crippen LogP contribution < -0.4 is 0 Å². The van der Waals surface area contributed by atoms with E-state index >= 15 is 0 Å². The minimum absolute atomic E-state index is 0.00968. The van der Waals surface area contributed by atoms with Crippen molar-refractivity contribution in [1.82, 2.24) is 9.88 Å². The lowest BCUT2D eigenvalue weighted by atomic mass is 10.1. The predicted molar refractivity (Wildman–Crippen MR) is 88.4 cm³/mol. The number of rotatable bonds is 8. The highest BCUT2D eigenvalue weighted by Gasteiger charge is 2.24. The van der Waals surface area contributed by atoms with Crippen molar-refractivity contribution in [1.29, 1.82) is 0 Å². The van der Waals surface area contributed by atoms with Crippen molar-refractivity contribution in [3.8, 4) is 0 Å². The van der Waals surface area contributed by atoms with E-state index in [1.807, 2.05) is 38.1 Å². The fraction of sp³-hybridized carbons (Fsp3) is 0.438. The zero-order valence-electron chi connectivity index (χ0n) is 13.2. The molecule has 124 valence electrons. The summed E-state index contributed by atoms with van der Waals surface area (Å²) in [5.74, 6) is -1.63. The van der Waals surface area contributed by atoms with Gasteiger partial charge in [0.25, 0.3) is 5.22 Å². The molecule has 0 saturated carbocycles. The molecule has 0 spiro atoms. The van der Waals surface area contributed by atoms with Gasteiger partial charge in [-0.1, -0.05) is 23.9 Å². The zero-order valence-corrected chi connectivity index (χ0v) is 14.0. The molecule has 0 bridgehead atoms. The Morgan fingerprint density at radius 1 is 1.30 bits per heavy atom. The Bertz CT molecular complexity index is 649. The molecule has 0 fully saturated rings. The van der Waals surface area contributed by atoms with Crippen molar-refractivity contribution in [3.05, 3.63) is 24.3 Å². The molecule has 7 heteroatoms. The van der Waals surface area contributed by atoms with Gasteiger partial charge in [-0.2, -0.15) is 0 Å². The van der Waals surface area contributed by atoms with Gasteiger partial charge in [0.05, 0.1) is 5.92 Å². The number of carboxylic acid groups (broad SMARTS) is 1. The smallest absolute Gasteiger partial charge is 0.307 e. The van der Waals surface area contributed by atoms with E-state index in [0.29, 0.717) is 23.9 Å². The largest absolute Gasteiger partial charge is 0.481 e. The van der Waals surface area contributed by atoms with Gasteiger partial charge in [-0.15, -0.1) is 0 Å². The molecule has 2 rings (SSSR count). The normalized spacial score (nSPS) is 12.3. The van der Waals surface area contributed by atoms with E-state index < -0.39 is 11.9 Å². The van der Waals surface area contributed by atoms with Gasteiger partial charge < -0.3 is 14.4 Å². The van der Waals surface area contributed by atoms with Gasteiger partial charge in [0.15, 0.2) is 5.58 Å². The van der Waals surface area contributed by atoms with Gasteiger partial charge in [-0.05, 0) is 26.0 Å². The number of aromatic nitrogens is 1. The first-order valence-electron chi connectivity index (χ1n) is 7.54. The number of hydrogen-bond donors (Lipinski definition) is 1. The SMILES string of the molecule is CCN(CC)C(=O)CC(CSc1nc2ccccc2o1)C(=O)O. The number of fused-ring (bicyclic) bond motifs is 1. The number of amides is 1. The third-order valence-corrected chi connectivity index (χ3v) is 4.56. The van der Waals surface area contributed by atoms with Crippen LogP contribution in [-0.2, 0) is 9.59 Å². The van der Waals surface area contributed by atoms with Crippen LogP contribution in [0.1, 0.15) is 20.3 Å². The molecule has 2 aromatic rings. The molecule has 1 unspecified atom stereocenters. The molecule has 1 heterocycles. The van der Waals surface area contributed by atoms with E-state index in [1.165, 1.54) is 11.8 Å². The summed E-state index contributed by atoms with van der Waals surface area (Å²) < 4.78 is 5.56. The van der Waals surface area contributed by atoms with Gasteiger partial charge in [-0.3, -0.25) is 9.59 Å². The second-order valence-electron chi connectivity index (χ2n) is 5.06. The second kappa shape index (κ2) is 8.01. The fourth-order valence-electron chi connectivity index (χ4n) is 2.22. The molecular weight excluding hydrogens is 316 g/mol. The summed E-state index contributed by atoms with van der Waals surface area (Å²) in [6.07, 6.45) is -0.00968. The molecule has 0 saturated heterocycles. The van der Waals surface area contributed by atoms with Crippen molar-refractivity contribution in [3.63, 3.8) is 0 Å². The fourth-order valence-corrected chi connectivity index (χ4v) is 3.13. The van der Waals surface area contributed by atoms with Crippen molar-refractivity contribution in [2.24, 2.45) is 5.92 Å². The van der Waals surface area contributed by atoms with Crippen LogP contribution in [0.25, 0.3) is 11.1 Å². The monoisotopic (exact) mass is 336 g/mol. The molecule has 1 amide bonds. The van der Waals surface area contributed by atoms with Crippen LogP contribution in [0.4, 0.5) is 0 Å². The molecule has 1 N–H and O–H groups in total. The lowest BCUT2D eigenvalue weighted by Crippen LogP contribution is -2.34. The van der Waals surface area contributed by atoms with Gasteiger partial charge >= 0.3 is 5.97 Å². The van der Waals surface area contributed by atoms with Crippen molar-refractivity contribution in [2.45, 2.75) is 25.5 Å². The molecule has 1 atom stereocenters. The van der Waals surface area contributed by atoms with Crippen molar-refractivity contribution in [2.75, 3.05) is 18.8 Å². The molecule has 6 nitrogen and oxygen atoms in total. The first-order valence-corrected chi connectivity index (χ1v) is 8.52. The molecular formula is C16H20N2O4S. The Hall–Kier alpha value is -2.02. The Morgan fingerprint density at radius 3 is 2.61 bits per heavy atom. The zero-order chi connectivity index (χ0) is 16.8. The molecule has 0 aliphatic carbocycles. The molecule has 1 aromatic heterocycles. The maximum absolute atomic E-state index is 12.1. The standard InChI is InChI=1S/C16H20N2O4S/c1-3-18(4-2)14(19)9-11(15(20)21)10-23-16-17-12-7-5-6-8-13(12)22-16/h5-8,11H,3-4,9-10H2,1-2H3,(H,20,21). The van der Waals surface area contributed by atoms with E-state index in [0.717, 1.165) is 5.52 Å². The van der Waals surface area contributed by atoms with Crippen LogP contribution in [0.3, 0.4) is 0 Å². The van der Waals surface area contributed by atoms with Crippen LogP contribution in [0, 0.1) is 5.92 Å². The number of carboxylic acids is 1. The molecule has 0 aliphatic rings. The topological polar surface area (TPSA) is 83.6 Å². The highest BCUT2D eigenvalue weighted by molar-refractivity contribution is 7.99. The average Bonchev–Trinajstić information content (AvgIpc) is 2.95. The summed E-state index contributed by atoms with van der Waals surface area (Å²) in [5.41, 5.74) is 1.40. The summed E-state index contributed by atoms with van der Waals surface area (Å²) in [5, 5.41) is 9.76. The summed E-state index contributed by atoms with van der Waals surface area (Å²) in [7, 11) is 0. The van der Waals surface area contributed by atoms with E-state index in [4.69, 9.17) is 4.42 Å². The van der Waals surface area contributed by atoms with E-state index in [9.17, 15) is 14.7 Å². The number of aliphatic carboxylic acids is 1. The maximum atomic E-state index is 12.1. The summed E-state index contributed by atoms with van der Waals surface area (Å²) in [6, 6.07) is 7.36. The summed E-state index contributed by atoms with van der Waals surface area (Å²) in [6.45, 7) is 4.92. The predicted octanol–water partition coefficient (Wildman–Crippen LogP) is 2.88. The number of para-hydroxylation sites is 2. The Kier molecular flexibility index (Phi) is 6.04. The van der Waals surface area contributed by atoms with Gasteiger partial charge in [0.2, 0.25) is 5.91 Å². The number of hydrogen-bond acceptors (Lipinski definition) is 5. The minimum Gasteiger partial charge on any atom is -0.481 e. The Morgan fingerprint density at radius 2 is 2.00 bits per heavy atom. The van der Waals surface area contributed by atoms with Crippen molar-refractivity contribution < 1.29 is 19.1 Å². The third kappa shape index (κ3) is 4.48. The second-order valence-corrected chi connectivity index (χ2v) is 6.04. The molecule has 1 aromatic carbocycles. The Labute approximate surface area is 138 Å². The van der Waals surface area contributed by atoms with Crippen LogP contribution in [0.15, 0.2) is 33.9 Å². The minimum atomic E-state index is -0.978. The van der Waals surface area contributed by atoms with E-state index in [-0.39, 0.29) is 18.1 Å². The highest BCUT2D eigenvalue weighted by Crippen LogP contribution is 2.26. The van der Waals surface area contributed by atoms with Gasteiger partial charge in [0, 0.05) is 25.3 Å². The lowest BCUT2D eigenvalue weighted by molar-refractivity contribution is -0.145. The van der Waals surface area contributed by atoms with Gasteiger partial charge in [-0.25, -0.2) is 4.98 Å². The number of carbonyl (C=O) groups excluding carboxylic acids is 1. The average molecular weight is 336 g/mol. The van der Waals surface area contributed by atoms with Crippen LogP contribution in [0.2, 0.25) is 0 Å². The maximum Gasteiger partial charge on any atom is 0.307 e. The van der Waals surface area contributed by atoms with Crippen LogP contribution in [-0.4, -0.2) is 45.7 Å². The quantitative estimate of drug-likeness (QED) is 0.746. The van der Waals surface area contributed by atoms with Crippen LogP contribution in [0.5, 0.6) is 0 Å². The first kappa shape index (κ1) is 17.3. The third-order valence-electron chi connectivity index (χ3n) is 3.57. The molecule has 0 aliphatic heterocycles.